The van der Waals surface area contributed by atoms with Crippen molar-refractivity contribution in [2.45, 2.75) is 32.0 Å². The van der Waals surface area contributed by atoms with Crippen LogP contribution in [0.5, 0.6) is 0 Å². The zero-order valence-corrected chi connectivity index (χ0v) is 13.0. The Morgan fingerprint density at radius 2 is 2.00 bits per heavy atom. The zero-order chi connectivity index (χ0) is 16.0. The number of benzene rings is 1. The van der Waals surface area contributed by atoms with Crippen molar-refractivity contribution < 1.29 is 24.9 Å². The number of rotatable bonds is 7. The molecule has 0 spiro atoms. The molecule has 1 aromatic carbocycles. The third kappa shape index (κ3) is 6.05. The highest BCUT2D eigenvalue weighted by Crippen LogP contribution is 2.26. The minimum absolute atomic E-state index is 0.0437. The van der Waals surface area contributed by atoms with Crippen molar-refractivity contribution in [1.29, 1.82) is 0 Å². The van der Waals surface area contributed by atoms with Crippen molar-refractivity contribution in [2.75, 3.05) is 5.75 Å². The maximum atomic E-state index is 10.8. The quantitative estimate of drug-likeness (QED) is 0.707. The Morgan fingerprint density at radius 3 is 2.52 bits per heavy atom. The van der Waals surface area contributed by atoms with E-state index in [9.17, 15) is 19.8 Å². The number of aliphatic hydroxyl groups excluding tert-OH is 2. The predicted molar refractivity (Wildman–Crippen MR) is 81.5 cm³/mol. The third-order valence-corrected chi connectivity index (χ3v) is 4.04. The average molecular weight is 333 g/mol. The summed E-state index contributed by atoms with van der Waals surface area (Å²) in [6.45, 7) is 1.44. The van der Waals surface area contributed by atoms with E-state index in [0.29, 0.717) is 16.9 Å². The Bertz CT molecular complexity index is 520. The highest BCUT2D eigenvalue weighted by atomic mass is 35.5. The van der Waals surface area contributed by atoms with Gasteiger partial charge in [-0.2, -0.15) is 0 Å². The summed E-state index contributed by atoms with van der Waals surface area (Å²) >= 11 is 7.05. The lowest BCUT2D eigenvalue weighted by Crippen LogP contribution is -2.19. The standard InChI is InChI=1S/C14H17ClO5S/c1-8(16)21-5-4-12(17)14(20)10-3-2-9(7-13(18)19)11(15)6-10/h2-3,6,12,14,17,20H,4-5,7H2,1H3,(H,18,19). The molecular weight excluding hydrogens is 316 g/mol. The fourth-order valence-corrected chi connectivity index (χ4v) is 2.66. The summed E-state index contributed by atoms with van der Waals surface area (Å²) in [5, 5.41) is 28.8. The van der Waals surface area contributed by atoms with E-state index in [2.05, 4.69) is 0 Å². The first-order valence-electron chi connectivity index (χ1n) is 6.31. The minimum Gasteiger partial charge on any atom is -0.481 e. The molecule has 0 heterocycles. The van der Waals surface area contributed by atoms with Gasteiger partial charge in [0.15, 0.2) is 5.12 Å². The first-order chi connectivity index (χ1) is 9.81. The van der Waals surface area contributed by atoms with Crippen LogP contribution in [0.15, 0.2) is 18.2 Å². The summed E-state index contributed by atoms with van der Waals surface area (Å²) < 4.78 is 0. The molecule has 2 unspecified atom stereocenters. The monoisotopic (exact) mass is 332 g/mol. The third-order valence-electron chi connectivity index (χ3n) is 2.84. The van der Waals surface area contributed by atoms with Crippen molar-refractivity contribution in [3.63, 3.8) is 0 Å². The highest BCUT2D eigenvalue weighted by Gasteiger charge is 2.19. The average Bonchev–Trinajstić information content (AvgIpc) is 2.39. The van der Waals surface area contributed by atoms with Crippen molar-refractivity contribution in [3.8, 4) is 0 Å². The van der Waals surface area contributed by atoms with Crippen LogP contribution in [0.1, 0.15) is 30.6 Å². The summed E-state index contributed by atoms with van der Waals surface area (Å²) in [5.74, 6) is -0.579. The molecule has 2 atom stereocenters. The minimum atomic E-state index is -1.13. The molecule has 0 aromatic heterocycles. The van der Waals surface area contributed by atoms with Gasteiger partial charge in [0.25, 0.3) is 0 Å². The number of hydrogen-bond acceptors (Lipinski definition) is 5. The number of carboxylic acid groups (broad SMARTS) is 1. The predicted octanol–water partition coefficient (Wildman–Crippen LogP) is 2.03. The van der Waals surface area contributed by atoms with Gasteiger partial charge in [0, 0.05) is 17.7 Å². The fourth-order valence-electron chi connectivity index (χ4n) is 1.76. The molecule has 0 amide bonds. The molecule has 0 bridgehead atoms. The van der Waals surface area contributed by atoms with Crippen LogP contribution >= 0.6 is 23.4 Å². The van der Waals surface area contributed by atoms with Crippen LogP contribution in [0.25, 0.3) is 0 Å². The molecule has 7 heteroatoms. The molecule has 1 aromatic rings. The van der Waals surface area contributed by atoms with Crippen LogP contribution in [-0.4, -0.2) is 38.3 Å². The Hall–Kier alpha value is -1.08. The Morgan fingerprint density at radius 1 is 1.33 bits per heavy atom. The van der Waals surface area contributed by atoms with Gasteiger partial charge in [-0.05, 0) is 23.6 Å². The van der Waals surface area contributed by atoms with Gasteiger partial charge in [0.2, 0.25) is 0 Å². The lowest BCUT2D eigenvalue weighted by molar-refractivity contribution is -0.136. The molecule has 0 aliphatic carbocycles. The summed E-state index contributed by atoms with van der Waals surface area (Å²) in [6.07, 6.45) is -2.08. The highest BCUT2D eigenvalue weighted by molar-refractivity contribution is 8.13. The molecule has 21 heavy (non-hydrogen) atoms. The lowest BCUT2D eigenvalue weighted by atomic mass is 10.0. The van der Waals surface area contributed by atoms with E-state index >= 15 is 0 Å². The van der Waals surface area contributed by atoms with Gasteiger partial charge in [-0.25, -0.2) is 0 Å². The molecule has 116 valence electrons. The largest absolute Gasteiger partial charge is 0.481 e. The van der Waals surface area contributed by atoms with Crippen molar-refractivity contribution in [3.05, 3.63) is 34.3 Å². The van der Waals surface area contributed by atoms with Crippen molar-refractivity contribution in [1.82, 2.24) is 0 Å². The summed E-state index contributed by atoms with van der Waals surface area (Å²) in [5.41, 5.74) is 0.858. The number of carbonyl (C=O) groups is 2. The first kappa shape index (κ1) is 18.0. The van der Waals surface area contributed by atoms with E-state index in [1.54, 1.807) is 0 Å². The maximum Gasteiger partial charge on any atom is 0.307 e. The zero-order valence-electron chi connectivity index (χ0n) is 11.5. The van der Waals surface area contributed by atoms with Gasteiger partial charge >= 0.3 is 5.97 Å². The molecular formula is C14H17ClO5S. The van der Waals surface area contributed by atoms with E-state index in [-0.39, 0.29) is 23.0 Å². The van der Waals surface area contributed by atoms with Crippen LogP contribution in [-0.2, 0) is 16.0 Å². The molecule has 0 aliphatic rings. The molecule has 0 fully saturated rings. The van der Waals surface area contributed by atoms with Gasteiger partial charge < -0.3 is 15.3 Å². The second-order valence-corrected chi connectivity index (χ2v) is 6.24. The Balaban J connectivity index is 2.69. The van der Waals surface area contributed by atoms with Gasteiger partial charge in [-0.1, -0.05) is 35.5 Å². The van der Waals surface area contributed by atoms with Crippen molar-refractivity contribution in [2.24, 2.45) is 0 Å². The number of carbonyl (C=O) groups excluding carboxylic acids is 1. The number of thioether (sulfide) groups is 1. The molecule has 0 saturated heterocycles. The van der Waals surface area contributed by atoms with E-state index in [1.165, 1.54) is 25.1 Å². The van der Waals surface area contributed by atoms with Gasteiger partial charge in [0.1, 0.15) is 6.10 Å². The fraction of sp³-hybridized carbons (Fsp3) is 0.429. The molecule has 0 saturated carbocycles. The van der Waals surface area contributed by atoms with Crippen LogP contribution in [0, 0.1) is 0 Å². The van der Waals surface area contributed by atoms with E-state index in [0.717, 1.165) is 11.8 Å². The smallest absolute Gasteiger partial charge is 0.307 e. The Kier molecular flexibility index (Phi) is 7.17. The summed E-state index contributed by atoms with van der Waals surface area (Å²) in [6, 6.07) is 4.51. The maximum absolute atomic E-state index is 10.8. The number of halogens is 1. The van der Waals surface area contributed by atoms with Crippen molar-refractivity contribution >= 4 is 34.4 Å². The number of hydrogen-bond donors (Lipinski definition) is 3. The van der Waals surface area contributed by atoms with Crippen LogP contribution in [0.2, 0.25) is 5.02 Å². The normalized spacial score (nSPS) is 13.7. The topological polar surface area (TPSA) is 94.8 Å². The molecule has 3 N–H and O–H groups in total. The second-order valence-electron chi connectivity index (χ2n) is 4.56. The van der Waals surface area contributed by atoms with Gasteiger partial charge in [-0.3, -0.25) is 9.59 Å². The van der Waals surface area contributed by atoms with Gasteiger partial charge in [0.05, 0.1) is 12.5 Å². The molecule has 1 rings (SSSR count). The van der Waals surface area contributed by atoms with Crippen LogP contribution < -0.4 is 0 Å². The molecule has 0 radical (unpaired) electrons. The van der Waals surface area contributed by atoms with Gasteiger partial charge in [-0.15, -0.1) is 0 Å². The SMILES string of the molecule is CC(=O)SCCC(O)C(O)c1ccc(CC(=O)O)c(Cl)c1. The summed E-state index contributed by atoms with van der Waals surface area (Å²) in [4.78, 5) is 21.4. The molecule has 0 aliphatic heterocycles. The van der Waals surface area contributed by atoms with Crippen LogP contribution in [0.3, 0.4) is 0 Å². The number of aliphatic hydroxyl groups is 2. The number of carboxylic acids is 1. The van der Waals surface area contributed by atoms with E-state index < -0.39 is 18.2 Å². The number of aliphatic carboxylic acids is 1. The first-order valence-corrected chi connectivity index (χ1v) is 7.67. The van der Waals surface area contributed by atoms with E-state index in [4.69, 9.17) is 16.7 Å². The summed E-state index contributed by atoms with van der Waals surface area (Å²) in [7, 11) is 0. The lowest BCUT2D eigenvalue weighted by Gasteiger charge is -2.18. The van der Waals surface area contributed by atoms with Crippen LogP contribution in [0.4, 0.5) is 0 Å². The Labute approximate surface area is 131 Å². The van der Waals surface area contributed by atoms with E-state index in [1.807, 2.05) is 0 Å². The second kappa shape index (κ2) is 8.38. The molecule has 5 nitrogen and oxygen atoms in total.